The maximum atomic E-state index is 6.91. The molecule has 66 heavy (non-hydrogen) atoms. The van der Waals surface area contributed by atoms with E-state index >= 15 is 0 Å². The van der Waals surface area contributed by atoms with E-state index < -0.39 is 0 Å². The van der Waals surface area contributed by atoms with E-state index in [1.54, 1.807) is 0 Å². The molecule has 316 valence electrons. The van der Waals surface area contributed by atoms with Crippen LogP contribution in [0.5, 0.6) is 5.75 Å². The van der Waals surface area contributed by atoms with Crippen molar-refractivity contribution < 1.29 is 13.6 Å². The molecule has 3 aliphatic heterocycles. The summed E-state index contributed by atoms with van der Waals surface area (Å²) < 4.78 is 22.9. The largest absolute Gasteiger partial charge is 0.456 e. The predicted molar refractivity (Wildman–Crippen MR) is 276 cm³/mol. The molecule has 0 atom stereocenters. The second kappa shape index (κ2) is 12.8. The highest BCUT2D eigenvalue weighted by atomic mass is 16.5. The van der Waals surface area contributed by atoms with Crippen LogP contribution < -0.4 is 20.5 Å². The van der Waals surface area contributed by atoms with Crippen LogP contribution in [0.4, 0.5) is 11.4 Å². The Morgan fingerprint density at radius 3 is 2.00 bits per heavy atom. The molecule has 6 heterocycles. The van der Waals surface area contributed by atoms with Crippen LogP contribution in [-0.4, -0.2) is 11.4 Å². The number of aromatic nitrogens is 1. The summed E-state index contributed by atoms with van der Waals surface area (Å²) in [6, 6.07) is 53.2. The summed E-state index contributed by atoms with van der Waals surface area (Å²) in [5.74, 6) is 1.58. The standard InChI is InChI=1S/C60H45BN2O3/c1-33-25-52(34-13-9-8-10-14-34)65-55-32-50-47(28-42(33)55)61-57-40(23-24-41-44-30-54-46(29-48(44)62(50)58(41)57)38-15-11-12-16-51(38)64-54)43-27-45-39-22-19-36(60(5,6)7)26-53(39)66-56(45)31-49(43)63(61)37-20-17-35(18-21-37)59(2,3)4/h8-32H,1H2,2-7H3. The number of furan rings is 2. The van der Waals surface area contributed by atoms with Gasteiger partial charge in [-0.2, -0.15) is 0 Å². The Balaban J connectivity index is 1.11. The highest BCUT2D eigenvalue weighted by Crippen LogP contribution is 2.50. The highest BCUT2D eigenvalue weighted by molar-refractivity contribution is 6.93. The van der Waals surface area contributed by atoms with Crippen molar-refractivity contribution in [3.8, 4) is 22.6 Å². The lowest BCUT2D eigenvalue weighted by atomic mass is 9.43. The first-order valence-corrected chi connectivity index (χ1v) is 23.0. The van der Waals surface area contributed by atoms with Crippen LogP contribution in [0.15, 0.2) is 167 Å². The molecule has 14 rings (SSSR count). The van der Waals surface area contributed by atoms with Crippen molar-refractivity contribution in [1.29, 1.82) is 0 Å². The van der Waals surface area contributed by atoms with Crippen LogP contribution in [0.3, 0.4) is 0 Å². The fourth-order valence-corrected chi connectivity index (χ4v) is 11.2. The fraction of sp³-hybridized carbons (Fsp3) is 0.133. The van der Waals surface area contributed by atoms with Gasteiger partial charge in [0.2, 0.25) is 0 Å². The van der Waals surface area contributed by atoms with Crippen LogP contribution in [-0.2, 0) is 10.8 Å². The smallest absolute Gasteiger partial charge is 0.333 e. The molecule has 5 nitrogen and oxygen atoms in total. The van der Waals surface area contributed by atoms with Crippen molar-refractivity contribution in [2.24, 2.45) is 0 Å². The van der Waals surface area contributed by atoms with Crippen molar-refractivity contribution in [3.63, 3.8) is 0 Å². The van der Waals surface area contributed by atoms with Gasteiger partial charge in [-0.05, 0) is 92.6 Å². The minimum Gasteiger partial charge on any atom is -0.456 e. The number of allylic oxidation sites excluding steroid dienone is 2. The molecule has 0 aliphatic carbocycles. The third-order valence-electron chi connectivity index (χ3n) is 14.6. The molecule has 0 radical (unpaired) electrons. The van der Waals surface area contributed by atoms with Crippen LogP contribution in [0.1, 0.15) is 63.8 Å². The number of anilines is 2. The summed E-state index contributed by atoms with van der Waals surface area (Å²) in [5.41, 5.74) is 19.5. The Labute approximate surface area is 382 Å². The minimum atomic E-state index is -0.209. The van der Waals surface area contributed by atoms with Crippen LogP contribution in [0.2, 0.25) is 0 Å². The molecule has 6 heteroatoms. The molecule has 0 amide bonds. The number of para-hydroxylation sites is 1. The van der Waals surface area contributed by atoms with Crippen molar-refractivity contribution >= 4 is 106 Å². The number of hydrogen-bond donors (Lipinski definition) is 0. The van der Waals surface area contributed by atoms with Crippen molar-refractivity contribution in [3.05, 3.63) is 181 Å². The molecule has 11 aromatic rings. The van der Waals surface area contributed by atoms with Gasteiger partial charge in [0.15, 0.2) is 0 Å². The van der Waals surface area contributed by atoms with Gasteiger partial charge in [-0.3, -0.25) is 0 Å². The Hall–Kier alpha value is -7.70. The maximum Gasteiger partial charge on any atom is 0.333 e. The minimum absolute atomic E-state index is 0.00210. The monoisotopic (exact) mass is 852 g/mol. The first-order chi connectivity index (χ1) is 31.9. The SMILES string of the molecule is C=C1C=C(c2ccccc2)Oc2cc3c(cc21)B1c2c(ccc4c5cc6oc7ccccc7c6cc5n-3c24)-c2cc3c(cc2N1c1ccc(C(C)(C)C)cc1)oc1cc(C(C)(C)C)ccc13. The molecule has 0 N–H and O–H groups in total. The Kier molecular flexibility index (Phi) is 7.28. The number of ether oxygens (including phenoxy) is 1. The predicted octanol–water partition coefficient (Wildman–Crippen LogP) is 14.9. The molecule has 0 bridgehead atoms. The average Bonchev–Trinajstić information content (AvgIpc) is 3.97. The van der Waals surface area contributed by atoms with Gasteiger partial charge in [0.25, 0.3) is 0 Å². The lowest BCUT2D eigenvalue weighted by Crippen LogP contribution is -2.60. The van der Waals surface area contributed by atoms with E-state index in [2.05, 4.69) is 185 Å². The van der Waals surface area contributed by atoms with Crippen LogP contribution >= 0.6 is 0 Å². The highest BCUT2D eigenvalue weighted by Gasteiger charge is 2.45. The van der Waals surface area contributed by atoms with Gasteiger partial charge in [-0.15, -0.1) is 0 Å². The van der Waals surface area contributed by atoms with E-state index in [4.69, 9.17) is 13.6 Å². The second-order valence-corrected chi connectivity index (χ2v) is 20.6. The third-order valence-corrected chi connectivity index (χ3v) is 14.6. The van der Waals surface area contributed by atoms with Gasteiger partial charge in [0, 0.05) is 78.2 Å². The van der Waals surface area contributed by atoms with Gasteiger partial charge in [0.05, 0.1) is 11.0 Å². The molecular weight excluding hydrogens is 807 g/mol. The normalized spacial score (nSPS) is 14.4. The van der Waals surface area contributed by atoms with Crippen molar-refractivity contribution in [1.82, 2.24) is 4.57 Å². The van der Waals surface area contributed by atoms with E-state index in [-0.39, 0.29) is 17.7 Å². The molecule has 0 saturated heterocycles. The second-order valence-electron chi connectivity index (χ2n) is 20.6. The van der Waals surface area contributed by atoms with E-state index in [1.807, 2.05) is 24.3 Å². The summed E-state index contributed by atoms with van der Waals surface area (Å²) in [7, 11) is 0. The summed E-state index contributed by atoms with van der Waals surface area (Å²) in [5, 5.41) is 6.78. The first-order valence-electron chi connectivity index (χ1n) is 23.0. The molecule has 3 aromatic heterocycles. The summed E-state index contributed by atoms with van der Waals surface area (Å²) in [6.07, 6.45) is 2.08. The summed E-state index contributed by atoms with van der Waals surface area (Å²) >= 11 is 0. The van der Waals surface area contributed by atoms with E-state index in [1.165, 1.54) is 44.1 Å². The quantitative estimate of drug-likeness (QED) is 0.163. The molecule has 3 aliphatic rings. The van der Waals surface area contributed by atoms with Crippen molar-refractivity contribution in [2.75, 3.05) is 4.81 Å². The zero-order valence-corrected chi connectivity index (χ0v) is 37.8. The zero-order chi connectivity index (χ0) is 44.5. The van der Waals surface area contributed by atoms with Gasteiger partial charge in [-0.25, -0.2) is 0 Å². The number of rotatable bonds is 2. The average molecular weight is 853 g/mol. The van der Waals surface area contributed by atoms with Crippen LogP contribution in [0.25, 0.3) is 93.8 Å². The topological polar surface area (TPSA) is 43.7 Å². The number of hydrogen-bond acceptors (Lipinski definition) is 4. The number of fused-ring (bicyclic) bond motifs is 15. The van der Waals surface area contributed by atoms with E-state index in [0.29, 0.717) is 0 Å². The zero-order valence-electron chi connectivity index (χ0n) is 37.8. The maximum absolute atomic E-state index is 6.91. The van der Waals surface area contributed by atoms with Gasteiger partial charge >= 0.3 is 6.85 Å². The molecule has 0 spiro atoms. The molecule has 8 aromatic carbocycles. The van der Waals surface area contributed by atoms with Crippen molar-refractivity contribution in [2.45, 2.75) is 52.4 Å². The number of benzene rings is 8. The van der Waals surface area contributed by atoms with Crippen LogP contribution in [0, 0.1) is 0 Å². The lowest BCUT2D eigenvalue weighted by molar-refractivity contribution is 0.509. The Morgan fingerprint density at radius 2 is 1.20 bits per heavy atom. The Morgan fingerprint density at radius 1 is 0.515 bits per heavy atom. The van der Waals surface area contributed by atoms with E-state index in [9.17, 15) is 0 Å². The molecular formula is C60H45BN2O3. The first kappa shape index (κ1) is 37.7. The van der Waals surface area contributed by atoms with Gasteiger partial charge in [-0.1, -0.05) is 139 Å². The molecule has 0 unspecified atom stereocenters. The van der Waals surface area contributed by atoms with Gasteiger partial charge in [0.1, 0.15) is 33.8 Å². The summed E-state index contributed by atoms with van der Waals surface area (Å²) in [4.78, 5) is 2.57. The summed E-state index contributed by atoms with van der Waals surface area (Å²) in [6.45, 7) is 18.1. The molecule has 0 fully saturated rings. The Bertz CT molecular complexity index is 4000. The molecule has 0 saturated carbocycles. The van der Waals surface area contributed by atoms with Gasteiger partial charge < -0.3 is 22.9 Å². The number of nitrogens with zero attached hydrogens (tertiary/aromatic N) is 2. The lowest BCUT2D eigenvalue weighted by Gasteiger charge is -2.42. The fourth-order valence-electron chi connectivity index (χ4n) is 11.2. The third kappa shape index (κ3) is 5.13. The van der Waals surface area contributed by atoms with E-state index in [0.717, 1.165) is 100 Å².